The van der Waals surface area contributed by atoms with E-state index in [4.69, 9.17) is 15.9 Å². The Bertz CT molecular complexity index is 475. The summed E-state index contributed by atoms with van der Waals surface area (Å²) in [6, 6.07) is 5.92. The van der Waals surface area contributed by atoms with Crippen molar-refractivity contribution >= 4 is 5.84 Å². The molecule has 1 aromatic rings. The van der Waals surface area contributed by atoms with Gasteiger partial charge in [0.05, 0.1) is 12.7 Å². The van der Waals surface area contributed by atoms with Gasteiger partial charge < -0.3 is 15.4 Å². The highest BCUT2D eigenvalue weighted by molar-refractivity contribution is 5.97. The second-order valence-electron chi connectivity index (χ2n) is 5.38. The van der Waals surface area contributed by atoms with E-state index in [0.29, 0.717) is 11.3 Å². The minimum atomic E-state index is 0.0549. The van der Waals surface area contributed by atoms with E-state index in [9.17, 15) is 0 Å². The lowest BCUT2D eigenvalue weighted by molar-refractivity contribution is 0.269. The van der Waals surface area contributed by atoms with E-state index in [2.05, 4.69) is 22.9 Å². The van der Waals surface area contributed by atoms with Gasteiger partial charge in [-0.25, -0.2) is 0 Å². The molecule has 0 radical (unpaired) electrons. The van der Waals surface area contributed by atoms with Gasteiger partial charge in [0.1, 0.15) is 11.6 Å². The molecule has 1 fully saturated rings. The van der Waals surface area contributed by atoms with Crippen molar-refractivity contribution in [3.8, 4) is 5.75 Å². The summed E-state index contributed by atoms with van der Waals surface area (Å²) in [5.41, 5.74) is 7.48. The monoisotopic (exact) mass is 276 g/mol. The number of ether oxygens (including phenoxy) is 1. The Labute approximate surface area is 120 Å². The lowest BCUT2D eigenvalue weighted by atomic mass is 10.1. The molecule has 0 unspecified atom stereocenters. The van der Waals surface area contributed by atoms with Crippen molar-refractivity contribution < 1.29 is 4.74 Å². The van der Waals surface area contributed by atoms with Crippen molar-refractivity contribution in [3.63, 3.8) is 0 Å². The minimum Gasteiger partial charge on any atom is -0.496 e. The number of likely N-dealkylation sites (N-methyl/N-ethyl adjacent to an activating group) is 1. The average molecular weight is 276 g/mol. The Hall–Kier alpha value is -1.59. The van der Waals surface area contributed by atoms with Crippen molar-refractivity contribution in [2.75, 3.05) is 40.3 Å². The van der Waals surface area contributed by atoms with Gasteiger partial charge >= 0.3 is 0 Å². The normalized spacial score (nSPS) is 17.7. The molecule has 1 aromatic carbocycles. The van der Waals surface area contributed by atoms with Crippen LogP contribution in [0.1, 0.15) is 17.5 Å². The van der Waals surface area contributed by atoms with Crippen molar-refractivity contribution in [1.82, 2.24) is 9.80 Å². The molecule has 0 bridgehead atoms. The van der Waals surface area contributed by atoms with E-state index in [1.807, 2.05) is 12.1 Å². The number of rotatable bonds is 4. The van der Waals surface area contributed by atoms with E-state index in [1.54, 1.807) is 7.11 Å². The number of nitrogens with zero attached hydrogens (tertiary/aromatic N) is 2. The van der Waals surface area contributed by atoms with Gasteiger partial charge in [0, 0.05) is 19.6 Å². The summed E-state index contributed by atoms with van der Waals surface area (Å²) in [4.78, 5) is 4.82. The third kappa shape index (κ3) is 3.71. The van der Waals surface area contributed by atoms with Crippen LogP contribution in [-0.2, 0) is 6.54 Å². The average Bonchev–Trinajstić information content (AvgIpc) is 2.63. The second kappa shape index (κ2) is 6.72. The van der Waals surface area contributed by atoms with Gasteiger partial charge in [0.2, 0.25) is 0 Å². The fourth-order valence-corrected chi connectivity index (χ4v) is 2.58. The van der Waals surface area contributed by atoms with E-state index >= 15 is 0 Å². The van der Waals surface area contributed by atoms with Crippen LogP contribution in [-0.4, -0.2) is 56.0 Å². The predicted molar refractivity (Wildman–Crippen MR) is 81.4 cm³/mol. The van der Waals surface area contributed by atoms with Crippen molar-refractivity contribution in [3.05, 3.63) is 29.3 Å². The van der Waals surface area contributed by atoms with Crippen LogP contribution in [0.4, 0.5) is 0 Å². The molecule has 0 amide bonds. The lowest BCUT2D eigenvalue weighted by Gasteiger charge is -2.20. The number of nitrogens with one attached hydrogen (secondary N) is 1. The zero-order chi connectivity index (χ0) is 14.5. The Morgan fingerprint density at radius 1 is 1.30 bits per heavy atom. The van der Waals surface area contributed by atoms with Crippen LogP contribution in [0, 0.1) is 5.41 Å². The van der Waals surface area contributed by atoms with Gasteiger partial charge in [0.25, 0.3) is 0 Å². The summed E-state index contributed by atoms with van der Waals surface area (Å²) >= 11 is 0. The summed E-state index contributed by atoms with van der Waals surface area (Å²) in [5.74, 6) is 0.719. The number of nitrogens with two attached hydrogens (primary N) is 1. The largest absolute Gasteiger partial charge is 0.496 e. The molecule has 20 heavy (non-hydrogen) atoms. The topological polar surface area (TPSA) is 65.6 Å². The Kier molecular flexibility index (Phi) is 4.98. The zero-order valence-electron chi connectivity index (χ0n) is 12.4. The number of hydrogen-bond acceptors (Lipinski definition) is 4. The molecule has 1 aliphatic rings. The summed E-state index contributed by atoms with van der Waals surface area (Å²) in [5, 5.41) is 7.63. The maximum Gasteiger partial charge on any atom is 0.129 e. The first-order valence-corrected chi connectivity index (χ1v) is 7.02. The number of amidine groups is 1. The van der Waals surface area contributed by atoms with Gasteiger partial charge in [-0.3, -0.25) is 10.3 Å². The summed E-state index contributed by atoms with van der Waals surface area (Å²) < 4.78 is 5.24. The molecule has 1 aliphatic heterocycles. The molecule has 0 aliphatic carbocycles. The van der Waals surface area contributed by atoms with Crippen LogP contribution in [0.2, 0.25) is 0 Å². The van der Waals surface area contributed by atoms with Gasteiger partial charge in [-0.1, -0.05) is 6.07 Å². The van der Waals surface area contributed by atoms with Crippen LogP contribution in [0.5, 0.6) is 5.75 Å². The van der Waals surface area contributed by atoms with E-state index in [0.717, 1.165) is 32.7 Å². The fraction of sp³-hybridized carbons (Fsp3) is 0.533. The fourth-order valence-electron chi connectivity index (χ4n) is 2.58. The lowest BCUT2D eigenvalue weighted by Crippen LogP contribution is -2.28. The molecule has 110 valence electrons. The first-order chi connectivity index (χ1) is 9.60. The first kappa shape index (κ1) is 14.8. The molecular formula is C15H24N4O. The third-order valence-electron chi connectivity index (χ3n) is 3.77. The van der Waals surface area contributed by atoms with Crippen LogP contribution in [0.25, 0.3) is 0 Å². The molecule has 0 saturated carbocycles. The standard InChI is InChI=1S/C15H24N4O/c1-18-6-3-7-19(9-8-18)11-12-4-5-14(20-2)13(10-12)15(16)17/h4-5,10H,3,6-9,11H2,1-2H3,(H3,16,17). The summed E-state index contributed by atoms with van der Waals surface area (Å²) in [7, 11) is 3.77. The van der Waals surface area contributed by atoms with Crippen LogP contribution < -0.4 is 10.5 Å². The van der Waals surface area contributed by atoms with Gasteiger partial charge in [-0.15, -0.1) is 0 Å². The molecule has 1 saturated heterocycles. The quantitative estimate of drug-likeness (QED) is 0.639. The van der Waals surface area contributed by atoms with E-state index < -0.39 is 0 Å². The van der Waals surface area contributed by atoms with Gasteiger partial charge in [-0.2, -0.15) is 0 Å². The van der Waals surface area contributed by atoms with Crippen molar-refractivity contribution in [2.45, 2.75) is 13.0 Å². The molecule has 0 spiro atoms. The van der Waals surface area contributed by atoms with Crippen LogP contribution in [0.15, 0.2) is 18.2 Å². The highest BCUT2D eigenvalue weighted by atomic mass is 16.5. The third-order valence-corrected chi connectivity index (χ3v) is 3.77. The Balaban J connectivity index is 2.09. The first-order valence-electron chi connectivity index (χ1n) is 7.02. The van der Waals surface area contributed by atoms with Crippen molar-refractivity contribution in [2.24, 2.45) is 5.73 Å². The molecule has 1 heterocycles. The molecule has 5 heteroatoms. The van der Waals surface area contributed by atoms with Crippen molar-refractivity contribution in [1.29, 1.82) is 5.41 Å². The molecule has 3 N–H and O–H groups in total. The smallest absolute Gasteiger partial charge is 0.129 e. The van der Waals surface area contributed by atoms with Crippen LogP contribution in [0.3, 0.4) is 0 Å². The molecule has 0 atom stereocenters. The van der Waals surface area contributed by atoms with Crippen LogP contribution >= 0.6 is 0 Å². The molecule has 2 rings (SSSR count). The van der Waals surface area contributed by atoms with Gasteiger partial charge in [-0.05, 0) is 44.3 Å². The highest BCUT2D eigenvalue weighted by Gasteiger charge is 2.14. The molecular weight excluding hydrogens is 252 g/mol. The van der Waals surface area contributed by atoms with E-state index in [-0.39, 0.29) is 5.84 Å². The number of hydrogen-bond donors (Lipinski definition) is 2. The summed E-state index contributed by atoms with van der Waals surface area (Å²) in [6.07, 6.45) is 1.20. The predicted octanol–water partition coefficient (Wildman–Crippen LogP) is 1.12. The number of methoxy groups -OCH3 is 1. The Morgan fingerprint density at radius 3 is 2.80 bits per heavy atom. The van der Waals surface area contributed by atoms with E-state index in [1.165, 1.54) is 12.0 Å². The molecule has 0 aromatic heterocycles. The van der Waals surface area contributed by atoms with Gasteiger partial charge in [0.15, 0.2) is 0 Å². The summed E-state index contributed by atoms with van der Waals surface area (Å²) in [6.45, 7) is 5.37. The number of nitrogen functional groups attached to an aromatic ring is 1. The number of benzene rings is 1. The second-order valence-corrected chi connectivity index (χ2v) is 5.38. The Morgan fingerprint density at radius 2 is 2.10 bits per heavy atom. The molecule has 5 nitrogen and oxygen atoms in total. The minimum absolute atomic E-state index is 0.0549. The maximum absolute atomic E-state index is 7.63. The highest BCUT2D eigenvalue weighted by Crippen LogP contribution is 2.20. The SMILES string of the molecule is COc1ccc(CN2CCCN(C)CC2)cc1C(=N)N. The zero-order valence-corrected chi connectivity index (χ0v) is 12.4. The maximum atomic E-state index is 7.63.